The van der Waals surface area contributed by atoms with Crippen LogP contribution in [0.2, 0.25) is 0 Å². The van der Waals surface area contributed by atoms with Crippen molar-refractivity contribution in [3.05, 3.63) is 34.4 Å². The summed E-state index contributed by atoms with van der Waals surface area (Å²) in [6, 6.07) is 4.08. The summed E-state index contributed by atoms with van der Waals surface area (Å²) < 4.78 is 0. The first kappa shape index (κ1) is 13.4. The van der Waals surface area contributed by atoms with Crippen LogP contribution in [0.1, 0.15) is 27.1 Å². The highest BCUT2D eigenvalue weighted by Crippen LogP contribution is 2.33. The summed E-state index contributed by atoms with van der Waals surface area (Å²) in [7, 11) is 0. The Morgan fingerprint density at radius 3 is 2.13 bits per heavy atom. The predicted octanol–water partition coefficient (Wildman–Crippen LogP) is 5.13. The van der Waals surface area contributed by atoms with Gasteiger partial charge in [0.15, 0.2) is 0 Å². The third-order valence-electron chi connectivity index (χ3n) is 2.21. The Morgan fingerprint density at radius 1 is 1.07 bits per heavy atom. The fraction of sp³-hybridized carbons (Fsp3) is 0.455. The van der Waals surface area contributed by atoms with Gasteiger partial charge in [0.05, 0.1) is 0 Å². The second-order valence-electron chi connectivity index (χ2n) is 3.55. The molecule has 0 aliphatic rings. The average molecular weight is 286 g/mol. The van der Waals surface area contributed by atoms with Crippen LogP contribution in [0.15, 0.2) is 12.1 Å². The number of rotatable bonds is 3. The van der Waals surface area contributed by atoms with Crippen LogP contribution in [0.25, 0.3) is 0 Å². The van der Waals surface area contributed by atoms with Crippen molar-refractivity contribution in [2.45, 2.75) is 29.9 Å². The SMILES string of the molecule is Cc1cc(C)c(C(Cl)Cl)c(CC(Cl)Cl)c1. The lowest BCUT2D eigenvalue weighted by Gasteiger charge is -2.15. The summed E-state index contributed by atoms with van der Waals surface area (Å²) >= 11 is 23.4. The van der Waals surface area contributed by atoms with E-state index in [1.165, 1.54) is 0 Å². The molecule has 0 heterocycles. The van der Waals surface area contributed by atoms with Crippen LogP contribution in [-0.4, -0.2) is 4.84 Å². The van der Waals surface area contributed by atoms with Gasteiger partial charge in [-0.2, -0.15) is 0 Å². The Labute approximate surface area is 110 Å². The largest absolute Gasteiger partial charge is 0.133 e. The van der Waals surface area contributed by atoms with Gasteiger partial charge in [-0.15, -0.1) is 46.4 Å². The van der Waals surface area contributed by atoms with Gasteiger partial charge in [-0.25, -0.2) is 0 Å². The zero-order valence-electron chi connectivity index (χ0n) is 8.53. The minimum absolute atomic E-state index is 0.433. The quantitative estimate of drug-likeness (QED) is 0.676. The van der Waals surface area contributed by atoms with Crippen molar-refractivity contribution in [2.24, 2.45) is 0 Å². The zero-order chi connectivity index (χ0) is 11.6. The minimum Gasteiger partial charge on any atom is -0.105 e. The minimum atomic E-state index is -0.535. The van der Waals surface area contributed by atoms with Crippen molar-refractivity contribution >= 4 is 46.4 Å². The van der Waals surface area contributed by atoms with E-state index in [4.69, 9.17) is 46.4 Å². The molecule has 0 radical (unpaired) electrons. The van der Waals surface area contributed by atoms with Gasteiger partial charge in [-0.05, 0) is 30.5 Å². The number of hydrogen-bond donors (Lipinski definition) is 0. The second-order valence-corrected chi connectivity index (χ2v) is 5.92. The third kappa shape index (κ3) is 3.71. The van der Waals surface area contributed by atoms with Gasteiger partial charge in [-0.1, -0.05) is 17.7 Å². The van der Waals surface area contributed by atoms with Gasteiger partial charge in [0.25, 0.3) is 0 Å². The zero-order valence-corrected chi connectivity index (χ0v) is 11.6. The Kier molecular flexibility index (Phi) is 5.05. The summed E-state index contributed by atoms with van der Waals surface area (Å²) in [5.74, 6) is 0. The number of aryl methyl sites for hydroxylation is 2. The molecule has 0 nitrogen and oxygen atoms in total. The van der Waals surface area contributed by atoms with Crippen LogP contribution in [0.5, 0.6) is 0 Å². The number of benzene rings is 1. The molecule has 0 aromatic heterocycles. The van der Waals surface area contributed by atoms with Gasteiger partial charge in [0, 0.05) is 6.42 Å². The van der Waals surface area contributed by atoms with Crippen LogP contribution >= 0.6 is 46.4 Å². The Morgan fingerprint density at radius 2 is 1.67 bits per heavy atom. The first-order valence-corrected chi connectivity index (χ1v) is 6.32. The molecule has 0 amide bonds. The Balaban J connectivity index is 3.20. The number of halogens is 4. The van der Waals surface area contributed by atoms with E-state index in [0.29, 0.717) is 6.42 Å². The van der Waals surface area contributed by atoms with Crippen molar-refractivity contribution < 1.29 is 0 Å². The molecule has 0 aliphatic heterocycles. The van der Waals surface area contributed by atoms with Crippen LogP contribution in [0.3, 0.4) is 0 Å². The van der Waals surface area contributed by atoms with Crippen molar-refractivity contribution in [2.75, 3.05) is 0 Å². The summed E-state index contributed by atoms with van der Waals surface area (Å²) in [6.07, 6.45) is 0.566. The van der Waals surface area contributed by atoms with Gasteiger partial charge >= 0.3 is 0 Å². The van der Waals surface area contributed by atoms with Crippen LogP contribution in [0, 0.1) is 13.8 Å². The molecule has 0 bridgehead atoms. The molecule has 4 heteroatoms. The fourth-order valence-corrected chi connectivity index (χ4v) is 2.67. The van der Waals surface area contributed by atoms with Crippen molar-refractivity contribution in [1.82, 2.24) is 0 Å². The monoisotopic (exact) mass is 284 g/mol. The third-order valence-corrected chi connectivity index (χ3v) is 2.95. The molecular formula is C11H12Cl4. The molecule has 1 aromatic rings. The number of hydrogen-bond acceptors (Lipinski definition) is 0. The lowest BCUT2D eigenvalue weighted by Crippen LogP contribution is -2.02. The fourth-order valence-electron chi connectivity index (χ4n) is 1.71. The summed E-state index contributed by atoms with van der Waals surface area (Å²) in [6.45, 7) is 4.01. The van der Waals surface area contributed by atoms with Gasteiger partial charge in [0.1, 0.15) is 9.67 Å². The maximum Gasteiger partial charge on any atom is 0.133 e. The second kappa shape index (κ2) is 5.63. The van der Waals surface area contributed by atoms with Crippen LogP contribution < -0.4 is 0 Å². The smallest absolute Gasteiger partial charge is 0.105 e. The Bertz CT molecular complexity index is 345. The molecule has 0 aliphatic carbocycles. The van der Waals surface area contributed by atoms with E-state index in [-0.39, 0.29) is 0 Å². The molecule has 0 N–H and O–H groups in total. The van der Waals surface area contributed by atoms with Gasteiger partial charge in [0.2, 0.25) is 0 Å². The molecule has 1 aromatic carbocycles. The lowest BCUT2D eigenvalue weighted by molar-refractivity contribution is 1.03. The highest BCUT2D eigenvalue weighted by Gasteiger charge is 2.15. The molecule has 0 spiro atoms. The highest BCUT2D eigenvalue weighted by atomic mass is 35.5. The van der Waals surface area contributed by atoms with Gasteiger partial charge < -0.3 is 0 Å². The topological polar surface area (TPSA) is 0 Å². The highest BCUT2D eigenvalue weighted by molar-refractivity contribution is 6.45. The predicted molar refractivity (Wildman–Crippen MR) is 69.6 cm³/mol. The molecule has 0 saturated heterocycles. The van der Waals surface area contributed by atoms with Crippen LogP contribution in [-0.2, 0) is 6.42 Å². The number of alkyl halides is 4. The lowest BCUT2D eigenvalue weighted by atomic mass is 9.98. The molecule has 0 fully saturated rings. The maximum atomic E-state index is 5.93. The summed E-state index contributed by atoms with van der Waals surface area (Å²) in [5, 5.41) is 0. The summed E-state index contributed by atoms with van der Waals surface area (Å²) in [4.78, 5) is -0.968. The van der Waals surface area contributed by atoms with E-state index in [9.17, 15) is 0 Å². The van der Waals surface area contributed by atoms with Crippen molar-refractivity contribution in [1.29, 1.82) is 0 Å². The van der Waals surface area contributed by atoms with E-state index in [2.05, 4.69) is 0 Å². The van der Waals surface area contributed by atoms with Crippen molar-refractivity contribution in [3.63, 3.8) is 0 Å². The maximum absolute atomic E-state index is 5.93. The van der Waals surface area contributed by atoms with E-state index >= 15 is 0 Å². The summed E-state index contributed by atoms with van der Waals surface area (Å²) in [5.41, 5.74) is 4.19. The molecule has 0 atom stereocenters. The first-order chi connectivity index (χ1) is 6.91. The molecule has 84 valence electrons. The molecule has 0 unspecified atom stereocenters. The first-order valence-electron chi connectivity index (χ1n) is 4.58. The van der Waals surface area contributed by atoms with E-state index < -0.39 is 9.67 Å². The Hall–Kier alpha value is 0.380. The van der Waals surface area contributed by atoms with E-state index in [0.717, 1.165) is 22.3 Å². The van der Waals surface area contributed by atoms with Crippen molar-refractivity contribution in [3.8, 4) is 0 Å². The normalized spacial score (nSPS) is 11.5. The average Bonchev–Trinajstić information content (AvgIpc) is 1.99. The van der Waals surface area contributed by atoms with Gasteiger partial charge in [-0.3, -0.25) is 0 Å². The van der Waals surface area contributed by atoms with E-state index in [1.807, 2.05) is 26.0 Å². The molecule has 15 heavy (non-hydrogen) atoms. The molecule has 0 saturated carbocycles. The van der Waals surface area contributed by atoms with Crippen LogP contribution in [0.4, 0.5) is 0 Å². The van der Waals surface area contributed by atoms with E-state index in [1.54, 1.807) is 0 Å². The molecule has 1 rings (SSSR count). The standard InChI is InChI=1S/C11H12Cl4/c1-6-3-7(2)10(11(14)15)8(4-6)5-9(12)13/h3-4,9,11H,5H2,1-2H3. The molecular weight excluding hydrogens is 274 g/mol.